The molecule has 3 amide bonds. The lowest BCUT2D eigenvalue weighted by atomic mass is 9.80. The van der Waals surface area contributed by atoms with Crippen LogP contribution in [0.25, 0.3) is 0 Å². The van der Waals surface area contributed by atoms with Crippen LogP contribution in [0.15, 0.2) is 30.3 Å². The minimum Gasteiger partial charge on any atom is -0.341 e. The van der Waals surface area contributed by atoms with Crippen LogP contribution >= 0.6 is 0 Å². The Hall–Kier alpha value is -2.08. The number of piperidine rings is 1. The minimum absolute atomic E-state index is 0.0108. The third-order valence-electron chi connectivity index (χ3n) is 9.97. The normalized spacial score (nSPS) is 35.5. The van der Waals surface area contributed by atoms with Crippen LogP contribution in [0.1, 0.15) is 70.3 Å². The molecule has 5 fully saturated rings. The first-order valence-electron chi connectivity index (χ1n) is 14.0. The predicted octanol–water partition coefficient (Wildman–Crippen LogP) is 4.17. The average molecular weight is 479 g/mol. The molecule has 35 heavy (non-hydrogen) atoms. The Morgan fingerprint density at radius 3 is 2.31 bits per heavy atom. The minimum atomic E-state index is -0.0108. The lowest BCUT2D eigenvalue weighted by Gasteiger charge is -2.50. The van der Waals surface area contributed by atoms with Crippen LogP contribution in [0, 0.1) is 11.8 Å². The molecule has 4 saturated heterocycles. The average Bonchev–Trinajstić information content (AvgIpc) is 3.39. The first-order chi connectivity index (χ1) is 16.9. The van der Waals surface area contributed by atoms with Crippen LogP contribution in [-0.2, 0) is 4.79 Å². The maximum atomic E-state index is 13.2. The Morgan fingerprint density at radius 2 is 1.71 bits per heavy atom. The molecule has 2 unspecified atom stereocenters. The fourth-order valence-electron chi connectivity index (χ4n) is 8.28. The number of likely N-dealkylation sites (N-methyl/N-ethyl adjacent to an activating group) is 1. The molecule has 4 atom stereocenters. The first-order valence-corrected chi connectivity index (χ1v) is 14.0. The number of carbonyl (C=O) groups is 2. The van der Waals surface area contributed by atoms with E-state index in [1.54, 1.807) is 0 Å². The number of amides is 3. The summed E-state index contributed by atoms with van der Waals surface area (Å²) in [6.07, 6.45) is 8.02. The van der Waals surface area contributed by atoms with Crippen LogP contribution in [0.2, 0.25) is 0 Å². The Balaban J connectivity index is 1.21. The van der Waals surface area contributed by atoms with E-state index in [0.717, 1.165) is 51.9 Å². The van der Waals surface area contributed by atoms with E-state index in [9.17, 15) is 9.59 Å². The van der Waals surface area contributed by atoms with Crippen LogP contribution in [0.3, 0.4) is 0 Å². The quantitative estimate of drug-likeness (QED) is 0.638. The van der Waals surface area contributed by atoms with Gasteiger partial charge >= 0.3 is 6.03 Å². The molecule has 6 nitrogen and oxygen atoms in total. The van der Waals surface area contributed by atoms with E-state index < -0.39 is 0 Å². The second-order valence-corrected chi connectivity index (χ2v) is 12.5. The van der Waals surface area contributed by atoms with Gasteiger partial charge < -0.3 is 14.7 Å². The molecule has 1 aromatic carbocycles. The second kappa shape index (κ2) is 8.79. The summed E-state index contributed by atoms with van der Waals surface area (Å²) < 4.78 is 0. The molecule has 1 saturated carbocycles. The molecule has 6 rings (SSSR count). The molecule has 0 radical (unpaired) electrons. The molecule has 5 aliphatic rings. The summed E-state index contributed by atoms with van der Waals surface area (Å²) >= 11 is 0. The molecular weight excluding hydrogens is 436 g/mol. The second-order valence-electron chi connectivity index (χ2n) is 12.5. The van der Waals surface area contributed by atoms with Gasteiger partial charge in [0.25, 0.3) is 0 Å². The van der Waals surface area contributed by atoms with Crippen molar-refractivity contribution >= 4 is 11.9 Å². The monoisotopic (exact) mass is 478 g/mol. The van der Waals surface area contributed by atoms with E-state index in [0.29, 0.717) is 29.8 Å². The molecular formula is C29H42N4O2. The van der Waals surface area contributed by atoms with Crippen molar-refractivity contribution in [3.63, 3.8) is 0 Å². The highest BCUT2D eigenvalue weighted by Crippen LogP contribution is 2.48. The van der Waals surface area contributed by atoms with Crippen molar-refractivity contribution < 1.29 is 9.59 Å². The van der Waals surface area contributed by atoms with Crippen LogP contribution in [0.5, 0.6) is 0 Å². The summed E-state index contributed by atoms with van der Waals surface area (Å²) in [5.41, 5.74) is 1.37. The zero-order chi connectivity index (χ0) is 24.3. The molecule has 1 aromatic rings. The summed E-state index contributed by atoms with van der Waals surface area (Å²) in [5.74, 6) is 1.57. The smallest absolute Gasteiger partial charge is 0.320 e. The SMILES string of the molecule is CC(C)N1C(=O)N(C)CC12CC1CCC(C2)N1C[C@H]1CN(C(=O)C2CCC2)C[C@@H]1c1ccccc1. The third-order valence-corrected chi connectivity index (χ3v) is 9.97. The van der Waals surface area contributed by atoms with Gasteiger partial charge in [-0.25, -0.2) is 4.79 Å². The van der Waals surface area contributed by atoms with Crippen LogP contribution in [0.4, 0.5) is 4.79 Å². The maximum Gasteiger partial charge on any atom is 0.320 e. The van der Waals surface area contributed by atoms with Gasteiger partial charge in [-0.3, -0.25) is 9.69 Å². The Morgan fingerprint density at radius 1 is 1.03 bits per heavy atom. The number of rotatable bonds is 5. The lowest BCUT2D eigenvalue weighted by molar-refractivity contribution is -0.137. The zero-order valence-electron chi connectivity index (χ0n) is 21.7. The highest BCUT2D eigenvalue weighted by Gasteiger charge is 2.57. The number of carbonyl (C=O) groups excluding carboxylic acids is 2. The number of urea groups is 1. The van der Waals surface area contributed by atoms with E-state index >= 15 is 0 Å². The van der Waals surface area contributed by atoms with Gasteiger partial charge in [0.2, 0.25) is 5.91 Å². The van der Waals surface area contributed by atoms with Gasteiger partial charge in [0.05, 0.1) is 5.54 Å². The standard InChI is InChI=1S/C29H42N4O2/c1-20(2)33-28(35)30(3)19-29(33)14-24-12-13-25(15-29)32(24)17-23-16-31(27(34)22-10-7-11-22)18-26(23)21-8-5-4-6-9-21/h4-6,8-9,20,22-26H,7,10-19H2,1-3H3/t23-,24?,25?,26-,29?/m1/s1. The van der Waals surface area contributed by atoms with Crippen molar-refractivity contribution in [3.05, 3.63) is 35.9 Å². The molecule has 2 bridgehead atoms. The number of nitrogens with zero attached hydrogens (tertiary/aromatic N) is 4. The van der Waals surface area contributed by atoms with E-state index in [-0.39, 0.29) is 23.5 Å². The zero-order valence-corrected chi connectivity index (χ0v) is 21.7. The summed E-state index contributed by atoms with van der Waals surface area (Å²) in [6, 6.07) is 12.4. The first kappa shape index (κ1) is 23.3. The summed E-state index contributed by atoms with van der Waals surface area (Å²) in [6.45, 7) is 8.05. The Bertz CT molecular complexity index is 947. The predicted molar refractivity (Wildman–Crippen MR) is 137 cm³/mol. The fourth-order valence-corrected chi connectivity index (χ4v) is 8.28. The Labute approximate surface area is 210 Å². The molecule has 6 heteroatoms. The van der Waals surface area contributed by atoms with Gasteiger partial charge in [0.15, 0.2) is 0 Å². The fraction of sp³-hybridized carbons (Fsp3) is 0.724. The number of fused-ring (bicyclic) bond motifs is 2. The molecule has 1 aliphatic carbocycles. The highest BCUT2D eigenvalue weighted by molar-refractivity contribution is 5.80. The number of hydrogen-bond acceptors (Lipinski definition) is 3. The summed E-state index contributed by atoms with van der Waals surface area (Å²) in [4.78, 5) is 35.3. The van der Waals surface area contributed by atoms with Gasteiger partial charge in [-0.15, -0.1) is 0 Å². The number of likely N-dealkylation sites (tertiary alicyclic amines) is 1. The van der Waals surface area contributed by atoms with Crippen molar-refractivity contribution in [1.29, 1.82) is 0 Å². The third kappa shape index (κ3) is 3.87. The molecule has 0 N–H and O–H groups in total. The molecule has 4 aliphatic heterocycles. The van der Waals surface area contributed by atoms with Gasteiger partial charge in [0.1, 0.15) is 0 Å². The molecule has 190 valence electrons. The number of benzene rings is 1. The lowest BCUT2D eigenvalue weighted by Crippen LogP contribution is -2.60. The molecule has 4 heterocycles. The van der Waals surface area contributed by atoms with Crippen molar-refractivity contribution in [2.45, 2.75) is 88.4 Å². The van der Waals surface area contributed by atoms with Crippen LogP contribution < -0.4 is 0 Å². The van der Waals surface area contributed by atoms with Crippen molar-refractivity contribution in [1.82, 2.24) is 19.6 Å². The molecule has 1 spiro atoms. The van der Waals surface area contributed by atoms with Gasteiger partial charge in [-0.2, -0.15) is 0 Å². The summed E-state index contributed by atoms with van der Waals surface area (Å²) in [5, 5.41) is 0. The van der Waals surface area contributed by atoms with E-state index in [4.69, 9.17) is 0 Å². The van der Waals surface area contributed by atoms with E-state index in [1.807, 2.05) is 11.9 Å². The van der Waals surface area contributed by atoms with Crippen molar-refractivity contribution in [3.8, 4) is 0 Å². The van der Waals surface area contributed by atoms with Crippen molar-refractivity contribution in [2.24, 2.45) is 11.8 Å². The Kier molecular flexibility index (Phi) is 5.86. The van der Waals surface area contributed by atoms with E-state index in [1.165, 1.54) is 24.8 Å². The van der Waals surface area contributed by atoms with Gasteiger partial charge in [-0.1, -0.05) is 36.8 Å². The van der Waals surface area contributed by atoms with Gasteiger partial charge in [-0.05, 0) is 63.9 Å². The van der Waals surface area contributed by atoms with E-state index in [2.05, 4.69) is 58.9 Å². The molecule has 0 aromatic heterocycles. The highest BCUT2D eigenvalue weighted by atomic mass is 16.2. The van der Waals surface area contributed by atoms with Gasteiger partial charge in [0, 0.05) is 63.2 Å². The van der Waals surface area contributed by atoms with Crippen LogP contribution in [-0.4, -0.2) is 88.4 Å². The maximum absolute atomic E-state index is 13.2. The van der Waals surface area contributed by atoms with Crippen molar-refractivity contribution in [2.75, 3.05) is 33.2 Å². The summed E-state index contributed by atoms with van der Waals surface area (Å²) in [7, 11) is 1.97. The topological polar surface area (TPSA) is 47.1 Å². The largest absolute Gasteiger partial charge is 0.341 e. The number of hydrogen-bond donors (Lipinski definition) is 0.